The van der Waals surface area contributed by atoms with Crippen molar-refractivity contribution >= 4 is 18.2 Å². The molecule has 4 bridgehead atoms. The maximum absolute atomic E-state index is 13.5. The van der Waals surface area contributed by atoms with Crippen LogP contribution >= 0.6 is 0 Å². The van der Waals surface area contributed by atoms with Crippen LogP contribution in [0, 0.1) is 17.8 Å². The van der Waals surface area contributed by atoms with Gasteiger partial charge in [-0.15, -0.1) is 0 Å². The maximum atomic E-state index is 13.5. The minimum Gasteiger partial charge on any atom is -0.453 e. The number of aromatic nitrogens is 4. The second-order valence-corrected chi connectivity index (χ2v) is 10.6. The second-order valence-electron chi connectivity index (χ2n) is 10.6. The molecule has 2 unspecified atom stereocenters. The molecule has 2 heterocycles. The number of carbonyl (C=O) groups excluding carboxylic acids is 2. The lowest BCUT2D eigenvalue weighted by atomic mass is 9.52. The Morgan fingerprint density at radius 1 is 1.24 bits per heavy atom. The Morgan fingerprint density at radius 2 is 1.97 bits per heavy atom. The van der Waals surface area contributed by atoms with Crippen molar-refractivity contribution in [2.24, 2.45) is 17.8 Å². The lowest BCUT2D eigenvalue weighted by Gasteiger charge is -2.58. The zero-order valence-corrected chi connectivity index (χ0v) is 19.8. The monoisotopic (exact) mass is 468 g/mol. The molecule has 2 aromatic rings. The van der Waals surface area contributed by atoms with Gasteiger partial charge in [0.15, 0.2) is 5.82 Å². The van der Waals surface area contributed by atoms with Gasteiger partial charge in [-0.05, 0) is 75.8 Å². The first kappa shape index (κ1) is 22.6. The highest BCUT2D eigenvalue weighted by atomic mass is 16.5. The van der Waals surface area contributed by atoms with E-state index < -0.39 is 17.2 Å². The Morgan fingerprint density at radius 3 is 2.59 bits per heavy atom. The number of alkyl carbamates (subject to hydrolysis) is 1. The van der Waals surface area contributed by atoms with Crippen LogP contribution < -0.4 is 10.6 Å². The Bertz CT molecular complexity index is 1090. The molecule has 0 aliphatic heterocycles. The van der Waals surface area contributed by atoms with Gasteiger partial charge in [0.25, 0.3) is 5.91 Å². The molecule has 2 amide bonds. The number of ether oxygens (including phenoxy) is 1. The fraction of sp³-hybridized carbons (Fsp3) is 0.583. The van der Waals surface area contributed by atoms with E-state index in [2.05, 4.69) is 25.6 Å². The molecule has 2 atom stereocenters. The smallest absolute Gasteiger partial charge is 0.407 e. The minimum atomic E-state index is -0.705. The number of methoxy groups -OCH3 is 1. The summed E-state index contributed by atoms with van der Waals surface area (Å²) in [6.45, 7) is 3.65. The molecular weight excluding hydrogens is 436 g/mol. The summed E-state index contributed by atoms with van der Waals surface area (Å²) in [6, 6.07) is 1.85. The Hall–Kier alpha value is -3.14. The molecule has 4 fully saturated rings. The summed E-state index contributed by atoms with van der Waals surface area (Å²) < 4.78 is 7.86. The van der Waals surface area contributed by atoms with Crippen LogP contribution in [0.15, 0.2) is 30.7 Å². The van der Waals surface area contributed by atoms with Gasteiger partial charge < -0.3 is 20.5 Å². The Balaban J connectivity index is 1.39. The number of carbonyl (C=O) groups is 2. The summed E-state index contributed by atoms with van der Waals surface area (Å²) in [6.07, 6.45) is 12.4. The molecule has 0 spiro atoms. The average Bonchev–Trinajstić information content (AvgIpc) is 3.42. The number of hydrogen-bond acceptors (Lipinski definition) is 6. The zero-order valence-electron chi connectivity index (χ0n) is 19.8. The van der Waals surface area contributed by atoms with Gasteiger partial charge in [0.1, 0.15) is 5.56 Å². The van der Waals surface area contributed by atoms with Gasteiger partial charge in [-0.1, -0.05) is 0 Å². The van der Waals surface area contributed by atoms with E-state index in [1.165, 1.54) is 7.11 Å². The molecule has 3 N–H and O–H groups in total. The third-order valence-electron chi connectivity index (χ3n) is 7.52. The first-order valence-electron chi connectivity index (χ1n) is 11.8. The van der Waals surface area contributed by atoms with Crippen molar-refractivity contribution in [3.63, 3.8) is 0 Å². The Kier molecular flexibility index (Phi) is 5.50. The molecular formula is C24H32N6O4. The first-order chi connectivity index (χ1) is 16.2. The zero-order chi connectivity index (χ0) is 24.1. The first-order valence-corrected chi connectivity index (χ1v) is 11.8. The van der Waals surface area contributed by atoms with Crippen LogP contribution in [0.2, 0.25) is 0 Å². The lowest BCUT2D eigenvalue weighted by molar-refractivity contribution is -0.136. The van der Waals surface area contributed by atoms with Gasteiger partial charge in [0.2, 0.25) is 0 Å². The quantitative estimate of drug-likeness (QED) is 0.598. The summed E-state index contributed by atoms with van der Waals surface area (Å²) in [7, 11) is 1.31. The van der Waals surface area contributed by atoms with Crippen molar-refractivity contribution in [1.29, 1.82) is 0 Å². The predicted octanol–water partition coefficient (Wildman–Crippen LogP) is 2.34. The molecule has 6 rings (SSSR count). The van der Waals surface area contributed by atoms with Crippen molar-refractivity contribution in [2.45, 2.75) is 63.1 Å². The van der Waals surface area contributed by atoms with Crippen molar-refractivity contribution in [1.82, 2.24) is 30.2 Å². The molecule has 2 aromatic heterocycles. The number of rotatable bonds is 6. The SMILES string of the molecule is COC(=O)NC(C)(C)C=Cn1ncc(C(=O)NC2C3CC4CC2CC(O)(C4)C3)c1-n1cccn1. The van der Waals surface area contributed by atoms with Crippen molar-refractivity contribution in [2.75, 3.05) is 7.11 Å². The van der Waals surface area contributed by atoms with E-state index in [9.17, 15) is 14.7 Å². The number of nitrogens with zero attached hydrogens (tertiary/aromatic N) is 4. The van der Waals surface area contributed by atoms with Crippen LogP contribution in [-0.2, 0) is 4.74 Å². The normalized spacial score (nSPS) is 30.0. The minimum absolute atomic E-state index is 0.0666. The number of amides is 2. The highest BCUT2D eigenvalue weighted by Crippen LogP contribution is 2.55. The highest BCUT2D eigenvalue weighted by molar-refractivity contribution is 5.97. The van der Waals surface area contributed by atoms with Crippen LogP contribution in [0.25, 0.3) is 12.0 Å². The Labute approximate surface area is 198 Å². The fourth-order valence-electron chi connectivity index (χ4n) is 6.31. The third kappa shape index (κ3) is 4.22. The largest absolute Gasteiger partial charge is 0.453 e. The molecule has 4 aliphatic carbocycles. The fourth-order valence-corrected chi connectivity index (χ4v) is 6.31. The summed E-state index contributed by atoms with van der Waals surface area (Å²) in [4.78, 5) is 25.1. The van der Waals surface area contributed by atoms with E-state index in [-0.39, 0.29) is 11.9 Å². The van der Waals surface area contributed by atoms with Crippen molar-refractivity contribution in [3.8, 4) is 5.82 Å². The summed E-state index contributed by atoms with van der Waals surface area (Å²) in [5.41, 5.74) is -0.832. The van der Waals surface area contributed by atoms with E-state index in [1.807, 2.05) is 13.8 Å². The van der Waals surface area contributed by atoms with Crippen LogP contribution in [0.3, 0.4) is 0 Å². The molecule has 182 valence electrons. The maximum Gasteiger partial charge on any atom is 0.407 e. The van der Waals surface area contributed by atoms with Crippen LogP contribution in [0.5, 0.6) is 0 Å². The van der Waals surface area contributed by atoms with E-state index in [1.54, 1.807) is 46.3 Å². The van der Waals surface area contributed by atoms with Crippen LogP contribution in [-0.4, -0.2) is 61.0 Å². The molecule has 0 radical (unpaired) electrons. The van der Waals surface area contributed by atoms with Gasteiger partial charge in [0, 0.05) is 24.6 Å². The highest BCUT2D eigenvalue weighted by Gasteiger charge is 2.55. The molecule has 4 aliphatic rings. The van der Waals surface area contributed by atoms with Gasteiger partial charge >= 0.3 is 6.09 Å². The molecule has 34 heavy (non-hydrogen) atoms. The van der Waals surface area contributed by atoms with Gasteiger partial charge in [-0.3, -0.25) is 4.79 Å². The topological polar surface area (TPSA) is 123 Å². The molecule has 10 heteroatoms. The molecule has 4 saturated carbocycles. The number of nitrogens with one attached hydrogen (secondary N) is 2. The van der Waals surface area contributed by atoms with E-state index in [0.29, 0.717) is 29.1 Å². The standard InChI is InChI=1S/C24H32N6O4/c1-23(2,28-22(32)34-3)5-8-30-21(29-7-4-6-25-29)18(14-26-30)20(31)27-19-16-9-15-10-17(19)13-24(33,11-15)12-16/h4-8,14-17,19,33H,9-13H2,1-3H3,(H,27,31)(H,28,32). The lowest BCUT2D eigenvalue weighted by Crippen LogP contribution is -2.61. The number of hydrogen-bond donors (Lipinski definition) is 3. The second kappa shape index (κ2) is 8.26. The van der Waals surface area contributed by atoms with Crippen LogP contribution in [0.4, 0.5) is 4.79 Å². The molecule has 0 saturated heterocycles. The van der Waals surface area contributed by atoms with Gasteiger partial charge in [-0.2, -0.15) is 10.2 Å². The van der Waals surface area contributed by atoms with Crippen molar-refractivity contribution < 1.29 is 19.4 Å². The summed E-state index contributed by atoms with van der Waals surface area (Å²) >= 11 is 0. The molecule has 0 aromatic carbocycles. The van der Waals surface area contributed by atoms with Crippen LogP contribution in [0.1, 0.15) is 56.3 Å². The summed E-state index contributed by atoms with van der Waals surface area (Å²) in [5, 5.41) is 25.6. The summed E-state index contributed by atoms with van der Waals surface area (Å²) in [5.74, 6) is 1.52. The average molecular weight is 469 g/mol. The van der Waals surface area contributed by atoms with Crippen molar-refractivity contribution in [3.05, 3.63) is 36.3 Å². The van der Waals surface area contributed by atoms with E-state index in [4.69, 9.17) is 0 Å². The number of aliphatic hydroxyl groups is 1. The van der Waals surface area contributed by atoms with E-state index >= 15 is 0 Å². The molecule has 10 nitrogen and oxygen atoms in total. The third-order valence-corrected chi connectivity index (χ3v) is 7.52. The van der Waals surface area contributed by atoms with Gasteiger partial charge in [-0.25, -0.2) is 14.2 Å². The predicted molar refractivity (Wildman–Crippen MR) is 124 cm³/mol. The van der Waals surface area contributed by atoms with E-state index in [0.717, 1.165) is 32.1 Å². The van der Waals surface area contributed by atoms with Gasteiger partial charge in [0.05, 0.1) is 24.4 Å².